The zero-order valence-corrected chi connectivity index (χ0v) is 11.6. The van der Waals surface area contributed by atoms with Crippen molar-refractivity contribution in [3.63, 3.8) is 0 Å². The summed E-state index contributed by atoms with van der Waals surface area (Å²) < 4.78 is 0. The lowest BCUT2D eigenvalue weighted by molar-refractivity contribution is -0.120. The number of hydrogen-bond acceptors (Lipinski definition) is 2. The zero-order chi connectivity index (χ0) is 13.9. The van der Waals surface area contributed by atoms with Crippen LogP contribution in [0.5, 0.6) is 0 Å². The number of benzene rings is 1. The zero-order valence-electron chi connectivity index (χ0n) is 10.9. The van der Waals surface area contributed by atoms with Crippen molar-refractivity contribution in [1.29, 1.82) is 0 Å². The number of pyridine rings is 1. The van der Waals surface area contributed by atoms with E-state index in [0.717, 1.165) is 5.56 Å². The third-order valence-electron chi connectivity index (χ3n) is 3.03. The lowest BCUT2D eigenvalue weighted by Crippen LogP contribution is -2.35. The summed E-state index contributed by atoms with van der Waals surface area (Å²) in [6, 6.07) is 11.0. The molecule has 0 bridgehead atoms. The van der Waals surface area contributed by atoms with Gasteiger partial charge in [-0.25, -0.2) is 0 Å². The van der Waals surface area contributed by atoms with Crippen LogP contribution in [0.2, 0.25) is 5.02 Å². The third-order valence-corrected chi connectivity index (χ3v) is 3.36. The molecule has 0 radical (unpaired) electrons. The fourth-order valence-corrected chi connectivity index (χ4v) is 2.19. The molecule has 0 aliphatic rings. The van der Waals surface area contributed by atoms with Crippen LogP contribution in [-0.4, -0.2) is 10.9 Å². The molecule has 19 heavy (non-hydrogen) atoms. The number of aromatic nitrogens is 1. The van der Waals surface area contributed by atoms with Gasteiger partial charge in [0, 0.05) is 11.2 Å². The van der Waals surface area contributed by atoms with E-state index in [9.17, 15) is 4.79 Å². The molecule has 1 N–H and O–H groups in total. The van der Waals surface area contributed by atoms with Crippen molar-refractivity contribution in [3.8, 4) is 0 Å². The summed E-state index contributed by atoms with van der Waals surface area (Å²) in [6.07, 6.45) is 3.27. The van der Waals surface area contributed by atoms with Crippen molar-refractivity contribution < 1.29 is 4.79 Å². The molecule has 1 heterocycles. The highest BCUT2D eigenvalue weighted by atomic mass is 35.5. The molecule has 0 fully saturated rings. The van der Waals surface area contributed by atoms with Gasteiger partial charge >= 0.3 is 0 Å². The predicted molar refractivity (Wildman–Crippen MR) is 77.3 cm³/mol. The molecule has 0 saturated heterocycles. The van der Waals surface area contributed by atoms with Crippen LogP contribution in [0.1, 0.15) is 19.4 Å². The number of rotatable bonds is 3. The van der Waals surface area contributed by atoms with Crippen LogP contribution in [0.15, 0.2) is 48.8 Å². The number of carbonyl (C=O) groups is 1. The Balaban J connectivity index is 2.25. The van der Waals surface area contributed by atoms with Gasteiger partial charge in [-0.05, 0) is 37.6 Å². The summed E-state index contributed by atoms with van der Waals surface area (Å²) in [5.74, 6) is -0.117. The van der Waals surface area contributed by atoms with Crippen molar-refractivity contribution in [3.05, 3.63) is 59.4 Å². The predicted octanol–water partition coefficient (Wildman–Crippen LogP) is 3.65. The third kappa shape index (κ3) is 2.93. The van der Waals surface area contributed by atoms with Gasteiger partial charge in [0.05, 0.1) is 17.3 Å². The Labute approximate surface area is 117 Å². The quantitative estimate of drug-likeness (QED) is 0.928. The molecule has 0 saturated carbocycles. The minimum Gasteiger partial charge on any atom is -0.324 e. The first-order valence-electron chi connectivity index (χ1n) is 5.98. The highest BCUT2D eigenvalue weighted by Crippen LogP contribution is 2.30. The Kier molecular flexibility index (Phi) is 3.86. The van der Waals surface area contributed by atoms with Crippen LogP contribution in [0.4, 0.5) is 5.69 Å². The normalized spacial score (nSPS) is 11.1. The average molecular weight is 275 g/mol. The van der Waals surface area contributed by atoms with Crippen molar-refractivity contribution in [2.45, 2.75) is 19.3 Å². The highest BCUT2D eigenvalue weighted by molar-refractivity contribution is 6.31. The van der Waals surface area contributed by atoms with Gasteiger partial charge in [-0.15, -0.1) is 0 Å². The number of nitrogens with one attached hydrogen (secondary N) is 1. The van der Waals surface area contributed by atoms with Crippen molar-refractivity contribution in [2.75, 3.05) is 5.32 Å². The SMILES string of the molecule is CC(C)(C(=O)Nc1cccnc1)c1ccccc1Cl. The van der Waals surface area contributed by atoms with E-state index in [1.807, 2.05) is 32.0 Å². The van der Waals surface area contributed by atoms with Gasteiger partial charge in [0.2, 0.25) is 5.91 Å². The van der Waals surface area contributed by atoms with E-state index in [4.69, 9.17) is 11.6 Å². The summed E-state index contributed by atoms with van der Waals surface area (Å²) >= 11 is 6.16. The Morgan fingerprint density at radius 1 is 1.21 bits per heavy atom. The van der Waals surface area contributed by atoms with Gasteiger partial charge in [-0.3, -0.25) is 9.78 Å². The van der Waals surface area contributed by atoms with E-state index >= 15 is 0 Å². The van der Waals surface area contributed by atoms with E-state index in [2.05, 4.69) is 10.3 Å². The molecule has 98 valence electrons. The maximum absolute atomic E-state index is 12.4. The second-order valence-electron chi connectivity index (χ2n) is 4.80. The van der Waals surface area contributed by atoms with Gasteiger partial charge < -0.3 is 5.32 Å². The van der Waals surface area contributed by atoms with Gasteiger partial charge in [0.1, 0.15) is 0 Å². The number of halogens is 1. The second-order valence-corrected chi connectivity index (χ2v) is 5.21. The molecule has 0 unspecified atom stereocenters. The molecule has 2 rings (SSSR count). The van der Waals surface area contributed by atoms with Crippen molar-refractivity contribution >= 4 is 23.2 Å². The molecule has 0 atom stereocenters. The first kappa shape index (κ1) is 13.6. The molecular formula is C15H15ClN2O. The Hall–Kier alpha value is -1.87. The molecular weight excluding hydrogens is 260 g/mol. The highest BCUT2D eigenvalue weighted by Gasteiger charge is 2.31. The number of nitrogens with zero attached hydrogens (tertiary/aromatic N) is 1. The van der Waals surface area contributed by atoms with Gasteiger partial charge in [0.15, 0.2) is 0 Å². The van der Waals surface area contributed by atoms with Crippen LogP contribution in [0, 0.1) is 0 Å². The Bertz CT molecular complexity index is 582. The monoisotopic (exact) mass is 274 g/mol. The van der Waals surface area contributed by atoms with Crippen molar-refractivity contribution in [2.24, 2.45) is 0 Å². The van der Waals surface area contributed by atoms with Crippen LogP contribution in [-0.2, 0) is 10.2 Å². The fourth-order valence-electron chi connectivity index (χ4n) is 1.81. The molecule has 4 heteroatoms. The molecule has 3 nitrogen and oxygen atoms in total. The lowest BCUT2D eigenvalue weighted by Gasteiger charge is -2.25. The number of carbonyl (C=O) groups excluding carboxylic acids is 1. The summed E-state index contributed by atoms with van der Waals surface area (Å²) in [7, 11) is 0. The molecule has 0 aliphatic heterocycles. The molecule has 1 aromatic carbocycles. The molecule has 1 aromatic heterocycles. The summed E-state index contributed by atoms with van der Waals surface area (Å²) in [6.45, 7) is 3.69. The average Bonchev–Trinajstić information content (AvgIpc) is 2.40. The number of hydrogen-bond donors (Lipinski definition) is 1. The summed E-state index contributed by atoms with van der Waals surface area (Å²) in [5.41, 5.74) is 0.763. The minimum atomic E-state index is -0.714. The maximum atomic E-state index is 12.4. The largest absolute Gasteiger partial charge is 0.324 e. The standard InChI is InChI=1S/C15H15ClN2O/c1-15(2,12-7-3-4-8-13(12)16)14(19)18-11-6-5-9-17-10-11/h3-10H,1-2H3,(H,18,19). The second kappa shape index (κ2) is 5.41. The van der Waals surface area contributed by atoms with Gasteiger partial charge in [-0.1, -0.05) is 29.8 Å². The molecule has 0 spiro atoms. The van der Waals surface area contributed by atoms with E-state index in [-0.39, 0.29) is 5.91 Å². The van der Waals surface area contributed by atoms with Crippen LogP contribution in [0.3, 0.4) is 0 Å². The van der Waals surface area contributed by atoms with E-state index in [1.165, 1.54) is 0 Å². The number of anilines is 1. The smallest absolute Gasteiger partial charge is 0.234 e. The van der Waals surface area contributed by atoms with E-state index in [0.29, 0.717) is 10.7 Å². The topological polar surface area (TPSA) is 42.0 Å². The summed E-state index contributed by atoms with van der Waals surface area (Å²) in [5, 5.41) is 3.44. The summed E-state index contributed by atoms with van der Waals surface area (Å²) in [4.78, 5) is 16.4. The minimum absolute atomic E-state index is 0.117. The first-order chi connectivity index (χ1) is 9.01. The molecule has 2 aromatic rings. The maximum Gasteiger partial charge on any atom is 0.234 e. The Morgan fingerprint density at radius 3 is 2.58 bits per heavy atom. The van der Waals surface area contributed by atoms with E-state index in [1.54, 1.807) is 30.6 Å². The first-order valence-corrected chi connectivity index (χ1v) is 6.36. The lowest BCUT2D eigenvalue weighted by atomic mass is 9.83. The molecule has 0 aliphatic carbocycles. The fraction of sp³-hybridized carbons (Fsp3) is 0.200. The van der Waals surface area contributed by atoms with Crippen LogP contribution in [0.25, 0.3) is 0 Å². The Morgan fingerprint density at radius 2 is 1.95 bits per heavy atom. The van der Waals surface area contributed by atoms with Crippen LogP contribution >= 0.6 is 11.6 Å². The van der Waals surface area contributed by atoms with Gasteiger partial charge in [0.25, 0.3) is 0 Å². The van der Waals surface area contributed by atoms with Crippen LogP contribution < -0.4 is 5.32 Å². The molecule has 1 amide bonds. The van der Waals surface area contributed by atoms with Crippen molar-refractivity contribution in [1.82, 2.24) is 4.98 Å². The number of amides is 1. The van der Waals surface area contributed by atoms with Gasteiger partial charge in [-0.2, -0.15) is 0 Å². The van der Waals surface area contributed by atoms with E-state index < -0.39 is 5.41 Å².